The van der Waals surface area contributed by atoms with Crippen molar-refractivity contribution in [2.75, 3.05) is 13.2 Å². The van der Waals surface area contributed by atoms with Gasteiger partial charge >= 0.3 is 0 Å². The summed E-state index contributed by atoms with van der Waals surface area (Å²) in [6.45, 7) is 6.90. The standard InChI is InChI=1S/C14H24N2O3/c1-3-5-9-19-10-7-6-8-16-13(11-14(17)18)12-15-4-2/h4-5,9,11-12,14,16-18H,2-3,6-8,10H2,1H3/b9-5+,13-11-,15-12?. The molecule has 0 spiro atoms. The van der Waals surface area contributed by atoms with Crippen molar-refractivity contribution in [2.45, 2.75) is 32.5 Å². The Kier molecular flexibility index (Phi) is 11.8. The molecule has 3 N–H and O–H groups in total. The van der Waals surface area contributed by atoms with Gasteiger partial charge in [-0.2, -0.15) is 0 Å². The minimum atomic E-state index is -1.50. The second-order valence-corrected chi connectivity index (χ2v) is 3.78. The number of aliphatic imine (C=N–C) groups is 1. The summed E-state index contributed by atoms with van der Waals surface area (Å²) in [6.07, 6.45) is 9.15. The fourth-order valence-corrected chi connectivity index (χ4v) is 1.22. The molecule has 0 aromatic heterocycles. The van der Waals surface area contributed by atoms with Gasteiger partial charge in [-0.25, -0.2) is 0 Å². The van der Waals surface area contributed by atoms with E-state index < -0.39 is 6.29 Å². The number of allylic oxidation sites excluding steroid dienone is 2. The van der Waals surface area contributed by atoms with Crippen LogP contribution in [-0.4, -0.2) is 35.9 Å². The van der Waals surface area contributed by atoms with Crippen molar-refractivity contribution in [1.29, 1.82) is 0 Å². The topological polar surface area (TPSA) is 74.1 Å². The van der Waals surface area contributed by atoms with Crippen LogP contribution in [-0.2, 0) is 4.74 Å². The predicted octanol–water partition coefficient (Wildman–Crippen LogP) is 1.71. The van der Waals surface area contributed by atoms with Crippen LogP contribution in [0, 0.1) is 0 Å². The Morgan fingerprint density at radius 2 is 2.21 bits per heavy atom. The van der Waals surface area contributed by atoms with Gasteiger partial charge in [0.25, 0.3) is 0 Å². The number of unbranched alkanes of at least 4 members (excludes halogenated alkanes) is 1. The van der Waals surface area contributed by atoms with Gasteiger partial charge in [0.15, 0.2) is 6.29 Å². The van der Waals surface area contributed by atoms with E-state index in [0.29, 0.717) is 18.8 Å². The Bertz CT molecular complexity index is 310. The number of nitrogens with zero attached hydrogens (tertiary/aromatic N) is 1. The molecule has 5 heteroatoms. The molecule has 0 rings (SSSR count). The van der Waals surface area contributed by atoms with E-state index >= 15 is 0 Å². The van der Waals surface area contributed by atoms with Crippen molar-refractivity contribution in [3.63, 3.8) is 0 Å². The minimum Gasteiger partial charge on any atom is -0.502 e. The highest BCUT2D eigenvalue weighted by atomic mass is 16.5. The molecule has 0 aliphatic rings. The van der Waals surface area contributed by atoms with Gasteiger partial charge in [0.1, 0.15) is 0 Å². The zero-order valence-corrected chi connectivity index (χ0v) is 11.5. The summed E-state index contributed by atoms with van der Waals surface area (Å²) in [4.78, 5) is 3.83. The molecule has 0 radical (unpaired) electrons. The molecule has 0 amide bonds. The molecular formula is C14H24N2O3. The van der Waals surface area contributed by atoms with E-state index in [1.54, 1.807) is 6.26 Å². The first-order valence-electron chi connectivity index (χ1n) is 6.43. The third kappa shape index (κ3) is 12.7. The molecule has 19 heavy (non-hydrogen) atoms. The SMILES string of the molecule is C=CN=C/C(=C/C(O)O)NCCCCO/C=C/CC. The first-order chi connectivity index (χ1) is 9.20. The molecule has 0 aliphatic heterocycles. The van der Waals surface area contributed by atoms with Gasteiger partial charge in [0.05, 0.1) is 18.6 Å². The molecule has 0 aromatic rings. The van der Waals surface area contributed by atoms with Gasteiger partial charge in [-0.15, -0.1) is 0 Å². The first kappa shape index (κ1) is 17.4. The van der Waals surface area contributed by atoms with Crippen molar-refractivity contribution >= 4 is 6.21 Å². The zero-order valence-electron chi connectivity index (χ0n) is 11.5. The van der Waals surface area contributed by atoms with Gasteiger partial charge in [-0.1, -0.05) is 19.6 Å². The Balaban J connectivity index is 3.78. The minimum absolute atomic E-state index is 0.557. The molecule has 0 bridgehead atoms. The van der Waals surface area contributed by atoms with E-state index in [-0.39, 0.29) is 0 Å². The van der Waals surface area contributed by atoms with E-state index in [2.05, 4.69) is 23.8 Å². The highest BCUT2D eigenvalue weighted by Gasteiger charge is 1.97. The van der Waals surface area contributed by atoms with Crippen LogP contribution in [0.25, 0.3) is 0 Å². The number of ether oxygens (including phenoxy) is 1. The number of aliphatic hydroxyl groups excluding tert-OH is 1. The van der Waals surface area contributed by atoms with Crippen molar-refractivity contribution in [3.05, 3.63) is 36.9 Å². The third-order valence-corrected chi connectivity index (χ3v) is 2.09. The fourth-order valence-electron chi connectivity index (χ4n) is 1.22. The normalized spacial score (nSPS) is 12.5. The van der Waals surface area contributed by atoms with Crippen LogP contribution in [0.4, 0.5) is 0 Å². The lowest BCUT2D eigenvalue weighted by atomic mass is 10.3. The predicted molar refractivity (Wildman–Crippen MR) is 77.6 cm³/mol. The molecule has 0 aromatic carbocycles. The summed E-state index contributed by atoms with van der Waals surface area (Å²) in [7, 11) is 0. The Morgan fingerprint density at radius 3 is 2.84 bits per heavy atom. The maximum atomic E-state index is 8.87. The Morgan fingerprint density at radius 1 is 1.42 bits per heavy atom. The first-order valence-corrected chi connectivity index (χ1v) is 6.43. The third-order valence-electron chi connectivity index (χ3n) is 2.09. The summed E-state index contributed by atoms with van der Waals surface area (Å²) in [6, 6.07) is 0. The molecule has 0 aliphatic carbocycles. The monoisotopic (exact) mass is 268 g/mol. The summed E-state index contributed by atoms with van der Waals surface area (Å²) in [5.41, 5.74) is 0.557. The number of hydrogen-bond donors (Lipinski definition) is 3. The van der Waals surface area contributed by atoms with Crippen LogP contribution in [0.3, 0.4) is 0 Å². The molecule has 0 heterocycles. The number of aliphatic hydroxyl groups is 2. The average molecular weight is 268 g/mol. The van der Waals surface area contributed by atoms with Crippen LogP contribution < -0.4 is 5.32 Å². The lowest BCUT2D eigenvalue weighted by molar-refractivity contribution is 0.00178. The number of nitrogens with one attached hydrogen (secondary N) is 1. The summed E-state index contributed by atoms with van der Waals surface area (Å²) in [5.74, 6) is 0. The molecule has 0 saturated heterocycles. The van der Waals surface area contributed by atoms with Crippen molar-refractivity contribution in [1.82, 2.24) is 5.32 Å². The maximum Gasteiger partial charge on any atom is 0.173 e. The second kappa shape index (κ2) is 12.9. The lowest BCUT2D eigenvalue weighted by Gasteiger charge is -2.07. The molecule has 0 unspecified atom stereocenters. The van der Waals surface area contributed by atoms with E-state index in [0.717, 1.165) is 19.3 Å². The Hall–Kier alpha value is -1.59. The van der Waals surface area contributed by atoms with E-state index in [4.69, 9.17) is 14.9 Å². The van der Waals surface area contributed by atoms with E-state index in [1.807, 2.05) is 6.08 Å². The van der Waals surface area contributed by atoms with Crippen LogP contribution >= 0.6 is 0 Å². The number of rotatable bonds is 11. The summed E-state index contributed by atoms with van der Waals surface area (Å²) in [5, 5.41) is 20.8. The van der Waals surface area contributed by atoms with Crippen LogP contribution in [0.2, 0.25) is 0 Å². The zero-order chi connectivity index (χ0) is 14.3. The van der Waals surface area contributed by atoms with E-state index in [1.165, 1.54) is 18.5 Å². The molecule has 5 nitrogen and oxygen atoms in total. The van der Waals surface area contributed by atoms with Gasteiger partial charge in [-0.05, 0) is 25.3 Å². The molecule has 108 valence electrons. The molecule has 0 atom stereocenters. The van der Waals surface area contributed by atoms with Crippen LogP contribution in [0.5, 0.6) is 0 Å². The van der Waals surface area contributed by atoms with E-state index in [9.17, 15) is 0 Å². The quantitative estimate of drug-likeness (QED) is 0.231. The number of hydrogen-bond acceptors (Lipinski definition) is 5. The smallest absolute Gasteiger partial charge is 0.173 e. The highest BCUT2D eigenvalue weighted by Crippen LogP contribution is 1.94. The van der Waals surface area contributed by atoms with Gasteiger partial charge in [0, 0.05) is 19.0 Å². The van der Waals surface area contributed by atoms with Gasteiger partial charge < -0.3 is 20.3 Å². The largest absolute Gasteiger partial charge is 0.502 e. The van der Waals surface area contributed by atoms with Gasteiger partial charge in [0.2, 0.25) is 0 Å². The van der Waals surface area contributed by atoms with Crippen LogP contribution in [0.15, 0.2) is 41.9 Å². The summed E-state index contributed by atoms with van der Waals surface area (Å²) < 4.78 is 5.27. The van der Waals surface area contributed by atoms with Crippen LogP contribution in [0.1, 0.15) is 26.2 Å². The van der Waals surface area contributed by atoms with Crippen molar-refractivity contribution in [2.24, 2.45) is 4.99 Å². The molecule has 0 fully saturated rings. The Labute approximate surface area is 115 Å². The average Bonchev–Trinajstić information content (AvgIpc) is 2.38. The fraction of sp³-hybridized carbons (Fsp3) is 0.500. The van der Waals surface area contributed by atoms with Gasteiger partial charge in [-0.3, -0.25) is 4.99 Å². The van der Waals surface area contributed by atoms with Crippen molar-refractivity contribution in [3.8, 4) is 0 Å². The molecule has 0 saturated carbocycles. The highest BCUT2D eigenvalue weighted by molar-refractivity contribution is 5.78. The maximum absolute atomic E-state index is 8.87. The lowest BCUT2D eigenvalue weighted by Crippen LogP contribution is -2.18. The van der Waals surface area contributed by atoms with Crippen molar-refractivity contribution < 1.29 is 14.9 Å². The second-order valence-electron chi connectivity index (χ2n) is 3.78. The molecular weight excluding hydrogens is 244 g/mol. The summed E-state index contributed by atoms with van der Waals surface area (Å²) >= 11 is 0.